The van der Waals surface area contributed by atoms with E-state index in [1.165, 1.54) is 27.8 Å². The van der Waals surface area contributed by atoms with E-state index in [0.29, 0.717) is 5.92 Å². The predicted molar refractivity (Wildman–Crippen MR) is 104 cm³/mol. The van der Waals surface area contributed by atoms with Crippen molar-refractivity contribution >= 4 is 5.57 Å². The molecule has 120 valence electrons. The fraction of sp³-hybridized carbons (Fsp3) is 0.120. The SMILES string of the molecule is CC1C=C2C(c3ccccc3)=C1C2(c1ccccc1)c1ccccc1. The molecule has 0 N–H and O–H groups in total. The minimum atomic E-state index is -0.0763. The van der Waals surface area contributed by atoms with Crippen LogP contribution in [0.15, 0.2) is 108 Å². The molecule has 3 aromatic rings. The van der Waals surface area contributed by atoms with E-state index in [9.17, 15) is 0 Å². The van der Waals surface area contributed by atoms with E-state index in [0.717, 1.165) is 0 Å². The van der Waals surface area contributed by atoms with Crippen molar-refractivity contribution < 1.29 is 0 Å². The maximum Gasteiger partial charge on any atom is 0.0679 e. The average Bonchev–Trinajstić information content (AvgIpc) is 3.18. The number of hydrogen-bond acceptors (Lipinski definition) is 0. The van der Waals surface area contributed by atoms with Gasteiger partial charge < -0.3 is 0 Å². The maximum absolute atomic E-state index is 2.47. The summed E-state index contributed by atoms with van der Waals surface area (Å²) in [5, 5.41) is 0. The van der Waals surface area contributed by atoms with Crippen LogP contribution in [0.5, 0.6) is 0 Å². The molecule has 0 nitrogen and oxygen atoms in total. The van der Waals surface area contributed by atoms with E-state index in [4.69, 9.17) is 0 Å². The Bertz CT molecular complexity index is 936. The van der Waals surface area contributed by atoms with Crippen LogP contribution in [-0.4, -0.2) is 0 Å². The van der Waals surface area contributed by atoms with Gasteiger partial charge in [0.25, 0.3) is 0 Å². The maximum atomic E-state index is 2.47. The standard InChI is InChI=1S/C25H20/c1-18-17-22-23(19-11-5-2-6-12-19)24(18)25(22,20-13-7-3-8-14-20)21-15-9-4-10-16-21/h2-18H,1H3. The molecule has 0 saturated heterocycles. The van der Waals surface area contributed by atoms with Crippen LogP contribution in [0.4, 0.5) is 0 Å². The fourth-order valence-corrected chi connectivity index (χ4v) is 4.79. The van der Waals surface area contributed by atoms with Gasteiger partial charge >= 0.3 is 0 Å². The first-order chi connectivity index (χ1) is 12.3. The highest BCUT2D eigenvalue weighted by atomic mass is 14.6. The molecule has 2 bridgehead atoms. The monoisotopic (exact) mass is 320 g/mol. The highest BCUT2D eigenvalue weighted by molar-refractivity contribution is 6.01. The van der Waals surface area contributed by atoms with E-state index in [-0.39, 0.29) is 5.41 Å². The summed E-state index contributed by atoms with van der Waals surface area (Å²) in [5.74, 6) is 0.477. The van der Waals surface area contributed by atoms with Crippen LogP contribution < -0.4 is 0 Å². The summed E-state index contributed by atoms with van der Waals surface area (Å²) in [6.07, 6.45) is 2.47. The van der Waals surface area contributed by atoms with Crippen LogP contribution in [0.1, 0.15) is 23.6 Å². The molecule has 1 atom stereocenters. The Labute approximate surface area is 149 Å². The second-order valence-corrected chi connectivity index (χ2v) is 7.01. The third-order valence-corrected chi connectivity index (χ3v) is 5.69. The van der Waals surface area contributed by atoms with Gasteiger partial charge in [0.15, 0.2) is 0 Å². The summed E-state index contributed by atoms with van der Waals surface area (Å²) < 4.78 is 0. The summed E-state index contributed by atoms with van der Waals surface area (Å²) >= 11 is 0. The minimum absolute atomic E-state index is 0.0763. The fourth-order valence-electron chi connectivity index (χ4n) is 4.79. The molecule has 0 aliphatic heterocycles. The zero-order valence-electron chi connectivity index (χ0n) is 14.3. The first-order valence-electron chi connectivity index (χ1n) is 8.97. The summed E-state index contributed by atoms with van der Waals surface area (Å²) in [6.45, 7) is 2.33. The first kappa shape index (κ1) is 14.5. The van der Waals surface area contributed by atoms with Gasteiger partial charge in [-0.1, -0.05) is 104 Å². The molecule has 3 aliphatic carbocycles. The van der Waals surface area contributed by atoms with Crippen LogP contribution >= 0.6 is 0 Å². The van der Waals surface area contributed by atoms with E-state index in [1.54, 1.807) is 5.57 Å². The molecule has 0 fully saturated rings. The van der Waals surface area contributed by atoms with Crippen LogP contribution in [0.3, 0.4) is 0 Å². The predicted octanol–water partition coefficient (Wildman–Crippen LogP) is 6.02. The number of rotatable bonds is 3. The Hall–Kier alpha value is -2.86. The molecule has 0 spiro atoms. The van der Waals surface area contributed by atoms with Gasteiger partial charge in [-0.05, 0) is 39.3 Å². The Morgan fingerprint density at radius 2 is 1.12 bits per heavy atom. The van der Waals surface area contributed by atoms with E-state index < -0.39 is 0 Å². The summed E-state index contributed by atoms with van der Waals surface area (Å²) in [4.78, 5) is 0. The van der Waals surface area contributed by atoms with Crippen LogP contribution in [0.2, 0.25) is 0 Å². The molecule has 0 radical (unpaired) electrons. The molecule has 25 heavy (non-hydrogen) atoms. The van der Waals surface area contributed by atoms with Gasteiger partial charge in [-0.3, -0.25) is 0 Å². The van der Waals surface area contributed by atoms with Gasteiger partial charge in [0.2, 0.25) is 0 Å². The smallest absolute Gasteiger partial charge is 0.0679 e. The van der Waals surface area contributed by atoms with Crippen molar-refractivity contribution in [1.82, 2.24) is 0 Å². The first-order valence-corrected chi connectivity index (χ1v) is 8.97. The quantitative estimate of drug-likeness (QED) is 0.554. The van der Waals surface area contributed by atoms with Gasteiger partial charge in [-0.2, -0.15) is 0 Å². The summed E-state index contributed by atoms with van der Waals surface area (Å²) in [6, 6.07) is 32.8. The Kier molecular flexibility index (Phi) is 3.08. The molecule has 6 rings (SSSR count). The van der Waals surface area contributed by atoms with Gasteiger partial charge in [-0.25, -0.2) is 0 Å². The zero-order valence-corrected chi connectivity index (χ0v) is 14.3. The number of fused-ring (bicyclic) bond motifs is 1. The average molecular weight is 320 g/mol. The molecule has 0 saturated carbocycles. The third-order valence-electron chi connectivity index (χ3n) is 5.69. The Balaban J connectivity index is 1.81. The molecule has 0 heterocycles. The second kappa shape index (κ2) is 5.32. The van der Waals surface area contributed by atoms with Crippen LogP contribution in [0.25, 0.3) is 5.57 Å². The van der Waals surface area contributed by atoms with Crippen molar-refractivity contribution in [2.75, 3.05) is 0 Å². The Morgan fingerprint density at radius 1 is 0.640 bits per heavy atom. The van der Waals surface area contributed by atoms with Crippen LogP contribution in [0, 0.1) is 5.92 Å². The lowest BCUT2D eigenvalue weighted by molar-refractivity contribution is 0.661. The van der Waals surface area contributed by atoms with E-state index >= 15 is 0 Å². The molecule has 0 aromatic heterocycles. The second-order valence-electron chi connectivity index (χ2n) is 7.01. The summed E-state index contributed by atoms with van der Waals surface area (Å²) in [5.41, 5.74) is 8.51. The van der Waals surface area contributed by atoms with Gasteiger partial charge in [-0.15, -0.1) is 0 Å². The number of hydrogen-bond donors (Lipinski definition) is 0. The van der Waals surface area contributed by atoms with Crippen molar-refractivity contribution in [1.29, 1.82) is 0 Å². The van der Waals surface area contributed by atoms with Crippen LogP contribution in [-0.2, 0) is 5.41 Å². The van der Waals surface area contributed by atoms with E-state index in [1.807, 2.05) is 0 Å². The molecule has 0 amide bonds. The lowest BCUT2D eigenvalue weighted by atomic mass is 9.55. The lowest BCUT2D eigenvalue weighted by Crippen LogP contribution is -2.39. The van der Waals surface area contributed by atoms with Crippen molar-refractivity contribution in [2.24, 2.45) is 5.92 Å². The molecule has 0 heteroatoms. The van der Waals surface area contributed by atoms with Crippen molar-refractivity contribution in [2.45, 2.75) is 12.3 Å². The normalized spacial score (nSPS) is 20.2. The van der Waals surface area contributed by atoms with Crippen molar-refractivity contribution in [3.05, 3.63) is 125 Å². The highest BCUT2D eigenvalue weighted by Crippen LogP contribution is 2.67. The molecular formula is C25H20. The van der Waals surface area contributed by atoms with Crippen molar-refractivity contribution in [3.8, 4) is 0 Å². The largest absolute Gasteiger partial charge is 0.0721 e. The number of benzene rings is 3. The molecule has 3 aromatic carbocycles. The molecule has 3 aliphatic rings. The van der Waals surface area contributed by atoms with Gasteiger partial charge in [0.1, 0.15) is 0 Å². The minimum Gasteiger partial charge on any atom is -0.0721 e. The van der Waals surface area contributed by atoms with Gasteiger partial charge in [0.05, 0.1) is 5.41 Å². The zero-order chi connectivity index (χ0) is 16.9. The topological polar surface area (TPSA) is 0 Å². The summed E-state index contributed by atoms with van der Waals surface area (Å²) in [7, 11) is 0. The van der Waals surface area contributed by atoms with E-state index in [2.05, 4.69) is 104 Å². The lowest BCUT2D eigenvalue weighted by Gasteiger charge is -2.47. The Morgan fingerprint density at radius 3 is 1.56 bits per heavy atom. The number of allylic oxidation sites excluding steroid dienone is 4. The highest BCUT2D eigenvalue weighted by Gasteiger charge is 2.57. The third kappa shape index (κ3) is 1.83. The molecule has 1 unspecified atom stereocenters. The van der Waals surface area contributed by atoms with Gasteiger partial charge in [0, 0.05) is 0 Å². The van der Waals surface area contributed by atoms with Crippen molar-refractivity contribution in [3.63, 3.8) is 0 Å². The molecular weight excluding hydrogens is 300 g/mol.